The van der Waals surface area contributed by atoms with E-state index in [1.165, 1.54) is 0 Å². The maximum absolute atomic E-state index is 9.83. The van der Waals surface area contributed by atoms with Crippen molar-refractivity contribution in [1.82, 2.24) is 5.32 Å². The Labute approximate surface area is 86.0 Å². The summed E-state index contributed by atoms with van der Waals surface area (Å²) in [5, 5.41) is 13.1. The predicted octanol–water partition coefficient (Wildman–Crippen LogP) is 2.68. The molecule has 0 bridgehead atoms. The highest BCUT2D eigenvalue weighted by Gasteiger charge is 2.12. The van der Waals surface area contributed by atoms with Crippen molar-refractivity contribution in [2.75, 3.05) is 6.54 Å². The molecular formula is C12H19NO. The number of aromatic hydroxyl groups is 1. The van der Waals surface area contributed by atoms with Gasteiger partial charge in [-0.1, -0.05) is 13.0 Å². The van der Waals surface area contributed by atoms with Crippen LogP contribution < -0.4 is 5.32 Å². The lowest BCUT2D eigenvalue weighted by atomic mass is 9.99. The van der Waals surface area contributed by atoms with Crippen molar-refractivity contribution in [2.45, 2.75) is 33.7 Å². The van der Waals surface area contributed by atoms with E-state index in [0.29, 0.717) is 5.75 Å². The zero-order chi connectivity index (χ0) is 10.7. The van der Waals surface area contributed by atoms with Crippen LogP contribution in [-0.4, -0.2) is 11.7 Å². The number of nitrogens with one attached hydrogen (secondary N) is 1. The summed E-state index contributed by atoms with van der Waals surface area (Å²) in [4.78, 5) is 0. The molecule has 1 aromatic carbocycles. The van der Waals surface area contributed by atoms with E-state index in [-0.39, 0.29) is 6.04 Å². The number of hydrogen-bond donors (Lipinski definition) is 2. The molecule has 0 fully saturated rings. The fraction of sp³-hybridized carbons (Fsp3) is 0.500. The molecule has 0 saturated carbocycles. The van der Waals surface area contributed by atoms with Crippen molar-refractivity contribution in [3.63, 3.8) is 0 Å². The Balaban J connectivity index is 3.07. The van der Waals surface area contributed by atoms with Gasteiger partial charge in [-0.3, -0.25) is 0 Å². The van der Waals surface area contributed by atoms with Crippen LogP contribution in [-0.2, 0) is 0 Å². The molecule has 0 saturated heterocycles. The molecule has 0 spiro atoms. The van der Waals surface area contributed by atoms with Crippen LogP contribution in [0.1, 0.15) is 36.6 Å². The molecule has 1 atom stereocenters. The third kappa shape index (κ3) is 2.26. The lowest BCUT2D eigenvalue weighted by Gasteiger charge is -2.17. The first-order valence-corrected chi connectivity index (χ1v) is 5.09. The molecule has 0 amide bonds. The molecule has 14 heavy (non-hydrogen) atoms. The molecule has 0 heterocycles. The molecule has 78 valence electrons. The number of phenolic OH excluding ortho intramolecular Hbond substituents is 1. The van der Waals surface area contributed by atoms with E-state index in [2.05, 4.69) is 25.2 Å². The second kappa shape index (κ2) is 4.47. The highest BCUT2D eigenvalue weighted by molar-refractivity contribution is 5.43. The molecule has 1 rings (SSSR count). The Bertz CT molecular complexity index is 297. The lowest BCUT2D eigenvalue weighted by molar-refractivity contribution is 0.453. The van der Waals surface area contributed by atoms with Gasteiger partial charge >= 0.3 is 0 Å². The van der Waals surface area contributed by atoms with Gasteiger partial charge in [0.2, 0.25) is 0 Å². The number of benzene rings is 1. The Morgan fingerprint density at radius 1 is 1.36 bits per heavy atom. The molecule has 1 unspecified atom stereocenters. The average Bonchev–Trinajstić information content (AvgIpc) is 2.01. The van der Waals surface area contributed by atoms with Crippen molar-refractivity contribution in [2.24, 2.45) is 0 Å². The smallest absolute Gasteiger partial charge is 0.120 e. The minimum absolute atomic E-state index is 0.209. The van der Waals surface area contributed by atoms with Crippen LogP contribution >= 0.6 is 0 Å². The molecular weight excluding hydrogens is 174 g/mol. The van der Waals surface area contributed by atoms with Gasteiger partial charge in [-0.25, -0.2) is 0 Å². The average molecular weight is 193 g/mol. The summed E-state index contributed by atoms with van der Waals surface area (Å²) in [5.41, 5.74) is 3.26. The molecule has 0 aliphatic rings. The first-order chi connectivity index (χ1) is 6.56. The van der Waals surface area contributed by atoms with Crippen molar-refractivity contribution in [1.29, 1.82) is 0 Å². The van der Waals surface area contributed by atoms with E-state index < -0.39 is 0 Å². The quantitative estimate of drug-likeness (QED) is 0.773. The Morgan fingerprint density at radius 2 is 2.00 bits per heavy atom. The lowest BCUT2D eigenvalue weighted by Crippen LogP contribution is -2.18. The van der Waals surface area contributed by atoms with Crippen LogP contribution in [0.2, 0.25) is 0 Å². The molecule has 2 heteroatoms. The van der Waals surface area contributed by atoms with E-state index >= 15 is 0 Å². The van der Waals surface area contributed by atoms with Gasteiger partial charge in [0.25, 0.3) is 0 Å². The van der Waals surface area contributed by atoms with Gasteiger partial charge in [-0.15, -0.1) is 0 Å². The van der Waals surface area contributed by atoms with Crippen LogP contribution in [0, 0.1) is 13.8 Å². The second-order valence-corrected chi connectivity index (χ2v) is 3.79. The highest BCUT2D eigenvalue weighted by atomic mass is 16.3. The number of aryl methyl sites for hydroxylation is 2. The van der Waals surface area contributed by atoms with E-state index in [9.17, 15) is 5.11 Å². The van der Waals surface area contributed by atoms with Gasteiger partial charge in [0.15, 0.2) is 0 Å². The van der Waals surface area contributed by atoms with E-state index in [4.69, 9.17) is 0 Å². The maximum Gasteiger partial charge on any atom is 0.120 e. The van der Waals surface area contributed by atoms with Crippen molar-refractivity contribution in [3.05, 3.63) is 28.8 Å². The Morgan fingerprint density at radius 3 is 2.50 bits per heavy atom. The molecule has 2 N–H and O–H groups in total. The zero-order valence-corrected chi connectivity index (χ0v) is 9.39. The first kappa shape index (κ1) is 11.1. The molecule has 2 nitrogen and oxygen atoms in total. The van der Waals surface area contributed by atoms with Crippen LogP contribution in [0.5, 0.6) is 5.75 Å². The zero-order valence-electron chi connectivity index (χ0n) is 9.39. The SMILES string of the molecule is CCNC(C)c1c(C)cc(C)cc1O. The maximum atomic E-state index is 9.83. The Kier molecular flexibility index (Phi) is 3.53. The first-order valence-electron chi connectivity index (χ1n) is 5.09. The predicted molar refractivity (Wildman–Crippen MR) is 59.7 cm³/mol. The molecule has 1 aromatic rings. The molecule has 0 aromatic heterocycles. The fourth-order valence-electron chi connectivity index (χ4n) is 1.93. The number of phenols is 1. The monoisotopic (exact) mass is 193 g/mol. The fourth-order valence-corrected chi connectivity index (χ4v) is 1.93. The van der Waals surface area contributed by atoms with Gasteiger partial charge < -0.3 is 10.4 Å². The van der Waals surface area contributed by atoms with Gasteiger partial charge in [0, 0.05) is 11.6 Å². The summed E-state index contributed by atoms with van der Waals surface area (Å²) < 4.78 is 0. The third-order valence-electron chi connectivity index (χ3n) is 2.45. The largest absolute Gasteiger partial charge is 0.508 e. The van der Waals surface area contributed by atoms with E-state index in [1.54, 1.807) is 0 Å². The summed E-state index contributed by atoms with van der Waals surface area (Å²) in [6.07, 6.45) is 0. The summed E-state index contributed by atoms with van der Waals surface area (Å²) in [5.74, 6) is 0.399. The second-order valence-electron chi connectivity index (χ2n) is 3.79. The van der Waals surface area contributed by atoms with Gasteiger partial charge in [-0.05, 0) is 44.5 Å². The normalized spacial score (nSPS) is 12.9. The molecule has 0 aliphatic carbocycles. The minimum atomic E-state index is 0.209. The third-order valence-corrected chi connectivity index (χ3v) is 2.45. The number of hydrogen-bond acceptors (Lipinski definition) is 2. The van der Waals surface area contributed by atoms with Crippen molar-refractivity contribution in [3.8, 4) is 5.75 Å². The topological polar surface area (TPSA) is 32.3 Å². The summed E-state index contributed by atoms with van der Waals surface area (Å²) in [7, 11) is 0. The van der Waals surface area contributed by atoms with Crippen molar-refractivity contribution < 1.29 is 5.11 Å². The standard InChI is InChI=1S/C12H19NO/c1-5-13-10(4)12-9(3)6-8(2)7-11(12)14/h6-7,10,13-14H,5H2,1-4H3. The van der Waals surface area contributed by atoms with Gasteiger partial charge in [0.05, 0.1) is 0 Å². The van der Waals surface area contributed by atoms with Crippen LogP contribution in [0.3, 0.4) is 0 Å². The van der Waals surface area contributed by atoms with E-state index in [0.717, 1.165) is 23.2 Å². The molecule has 0 radical (unpaired) electrons. The summed E-state index contributed by atoms with van der Waals surface area (Å²) in [6.45, 7) is 9.08. The summed E-state index contributed by atoms with van der Waals surface area (Å²) >= 11 is 0. The highest BCUT2D eigenvalue weighted by Crippen LogP contribution is 2.28. The Hall–Kier alpha value is -1.02. The number of rotatable bonds is 3. The summed E-state index contributed by atoms with van der Waals surface area (Å²) in [6, 6.07) is 4.12. The van der Waals surface area contributed by atoms with E-state index in [1.807, 2.05) is 19.9 Å². The van der Waals surface area contributed by atoms with Crippen LogP contribution in [0.4, 0.5) is 0 Å². The van der Waals surface area contributed by atoms with Crippen molar-refractivity contribution >= 4 is 0 Å². The molecule has 0 aliphatic heterocycles. The van der Waals surface area contributed by atoms with Crippen LogP contribution in [0.15, 0.2) is 12.1 Å². The van der Waals surface area contributed by atoms with Gasteiger partial charge in [0.1, 0.15) is 5.75 Å². The van der Waals surface area contributed by atoms with Crippen LogP contribution in [0.25, 0.3) is 0 Å². The minimum Gasteiger partial charge on any atom is -0.508 e. The van der Waals surface area contributed by atoms with Gasteiger partial charge in [-0.2, -0.15) is 0 Å².